The number of ether oxygens (including phenoxy) is 1. The molecule has 0 saturated heterocycles. The minimum absolute atomic E-state index is 0.0789. The van der Waals surface area contributed by atoms with Gasteiger partial charge in [-0.25, -0.2) is 4.79 Å². The van der Waals surface area contributed by atoms with Crippen LogP contribution in [0.4, 0.5) is 13.2 Å². The van der Waals surface area contributed by atoms with Gasteiger partial charge in [0.05, 0.1) is 0 Å². The highest BCUT2D eigenvalue weighted by Crippen LogP contribution is 2.26. The van der Waals surface area contributed by atoms with Crippen LogP contribution in [0, 0.1) is 0 Å². The number of hydrogen-bond acceptors (Lipinski definition) is 2. The third kappa shape index (κ3) is 2.08. The molecule has 2 nitrogen and oxygen atoms in total. The Balaban J connectivity index is 2.15. The fourth-order valence-corrected chi connectivity index (χ4v) is 1.46. The monoisotopic (exact) mass is 228 g/mol. The van der Waals surface area contributed by atoms with E-state index in [0.717, 1.165) is 11.1 Å². The molecule has 0 aromatic heterocycles. The Morgan fingerprint density at radius 1 is 1.31 bits per heavy atom. The molecule has 0 spiro atoms. The van der Waals surface area contributed by atoms with Gasteiger partial charge in [0.15, 0.2) is 0 Å². The van der Waals surface area contributed by atoms with Gasteiger partial charge in [-0.05, 0) is 29.7 Å². The van der Waals surface area contributed by atoms with Gasteiger partial charge >= 0.3 is 12.1 Å². The number of hydrogen-bond donors (Lipinski definition) is 0. The summed E-state index contributed by atoms with van der Waals surface area (Å²) < 4.78 is 40.0. The molecular formula is C11H7F3O2. The summed E-state index contributed by atoms with van der Waals surface area (Å²) in [7, 11) is 0. The lowest BCUT2D eigenvalue weighted by Gasteiger charge is -2.08. The fraction of sp³-hybridized carbons (Fsp3) is 0.182. The number of alkyl halides is 3. The summed E-state index contributed by atoms with van der Waals surface area (Å²) in [6.45, 7) is 0. The van der Waals surface area contributed by atoms with E-state index in [2.05, 4.69) is 4.74 Å². The second kappa shape index (κ2) is 3.66. The molecule has 1 aromatic carbocycles. The molecule has 2 rings (SSSR count). The van der Waals surface area contributed by atoms with Gasteiger partial charge in [-0.2, -0.15) is 13.2 Å². The van der Waals surface area contributed by atoms with E-state index in [1.54, 1.807) is 6.07 Å². The molecule has 0 atom stereocenters. The van der Waals surface area contributed by atoms with E-state index < -0.39 is 12.1 Å². The first-order chi connectivity index (χ1) is 7.47. The van der Waals surface area contributed by atoms with Crippen LogP contribution in [0.15, 0.2) is 24.3 Å². The van der Waals surface area contributed by atoms with Crippen molar-refractivity contribution in [3.63, 3.8) is 0 Å². The number of allylic oxidation sites excluding steroid dienone is 1. The molecular weight excluding hydrogens is 221 g/mol. The molecule has 0 radical (unpaired) electrons. The van der Waals surface area contributed by atoms with E-state index in [1.165, 1.54) is 12.1 Å². The van der Waals surface area contributed by atoms with Gasteiger partial charge in [0.2, 0.25) is 0 Å². The molecule has 0 unspecified atom stereocenters. The first-order valence-electron chi connectivity index (χ1n) is 4.55. The number of carbonyl (C=O) groups excluding carboxylic acids is 1. The Labute approximate surface area is 89.3 Å². The highest BCUT2D eigenvalue weighted by atomic mass is 19.4. The third-order valence-corrected chi connectivity index (χ3v) is 2.19. The normalized spacial score (nSPS) is 13.7. The average molecular weight is 228 g/mol. The van der Waals surface area contributed by atoms with Gasteiger partial charge < -0.3 is 4.74 Å². The topological polar surface area (TPSA) is 26.3 Å². The number of benzene rings is 1. The van der Waals surface area contributed by atoms with Crippen molar-refractivity contribution in [3.8, 4) is 5.75 Å². The Bertz CT molecular complexity index is 461. The van der Waals surface area contributed by atoms with Crippen molar-refractivity contribution in [1.82, 2.24) is 0 Å². The molecule has 0 bridgehead atoms. The Kier molecular flexibility index (Phi) is 2.46. The molecule has 0 N–H and O–H groups in total. The van der Waals surface area contributed by atoms with Gasteiger partial charge in [0.25, 0.3) is 0 Å². The fourth-order valence-electron chi connectivity index (χ4n) is 1.46. The van der Waals surface area contributed by atoms with Gasteiger partial charge in [0, 0.05) is 0 Å². The van der Waals surface area contributed by atoms with Crippen LogP contribution in [-0.4, -0.2) is 12.1 Å². The number of carbonyl (C=O) groups is 1. The summed E-state index contributed by atoms with van der Waals surface area (Å²) in [6.07, 6.45) is -0.561. The number of esters is 1. The molecule has 0 fully saturated rings. The van der Waals surface area contributed by atoms with E-state index in [1.807, 2.05) is 12.2 Å². The summed E-state index contributed by atoms with van der Waals surface area (Å²) in [5.74, 6) is -2.27. The minimum atomic E-state index is -4.96. The third-order valence-electron chi connectivity index (χ3n) is 2.19. The molecule has 1 aliphatic rings. The van der Waals surface area contributed by atoms with Gasteiger partial charge in [0.1, 0.15) is 5.75 Å². The molecule has 0 amide bonds. The van der Waals surface area contributed by atoms with E-state index in [9.17, 15) is 18.0 Å². The van der Waals surface area contributed by atoms with Crippen molar-refractivity contribution in [3.05, 3.63) is 35.4 Å². The van der Waals surface area contributed by atoms with Crippen LogP contribution in [0.2, 0.25) is 0 Å². The first kappa shape index (κ1) is 10.7. The van der Waals surface area contributed by atoms with Gasteiger partial charge in [-0.1, -0.05) is 18.2 Å². The van der Waals surface area contributed by atoms with E-state index in [0.29, 0.717) is 6.42 Å². The standard InChI is InChI=1S/C11H7F3O2/c12-11(13,14)10(15)16-9-5-4-7-2-1-3-8(7)6-9/h1-2,4-6H,3H2. The van der Waals surface area contributed by atoms with E-state index >= 15 is 0 Å². The van der Waals surface area contributed by atoms with Crippen molar-refractivity contribution < 1.29 is 22.7 Å². The maximum atomic E-state index is 11.9. The summed E-state index contributed by atoms with van der Waals surface area (Å²) in [5, 5.41) is 0. The SMILES string of the molecule is O=C(Oc1ccc2c(c1)CC=C2)C(F)(F)F. The van der Waals surface area contributed by atoms with E-state index in [-0.39, 0.29) is 5.75 Å². The Hall–Kier alpha value is -1.78. The Morgan fingerprint density at radius 3 is 2.75 bits per heavy atom. The maximum absolute atomic E-state index is 11.9. The van der Waals surface area contributed by atoms with Crippen LogP contribution in [0.25, 0.3) is 6.08 Å². The summed E-state index contributed by atoms with van der Waals surface area (Å²) in [6, 6.07) is 4.41. The molecule has 0 heterocycles. The number of halogens is 3. The highest BCUT2D eigenvalue weighted by molar-refractivity contribution is 5.78. The van der Waals surface area contributed by atoms with Crippen LogP contribution in [-0.2, 0) is 11.2 Å². The smallest absolute Gasteiger partial charge is 0.420 e. The maximum Gasteiger partial charge on any atom is 0.491 e. The quantitative estimate of drug-likeness (QED) is 0.545. The van der Waals surface area contributed by atoms with Crippen molar-refractivity contribution in [2.45, 2.75) is 12.6 Å². The lowest BCUT2D eigenvalue weighted by atomic mass is 10.1. The predicted molar refractivity (Wildman–Crippen MR) is 50.9 cm³/mol. The zero-order valence-corrected chi connectivity index (χ0v) is 8.04. The first-order valence-corrected chi connectivity index (χ1v) is 4.55. The van der Waals surface area contributed by atoms with Crippen LogP contribution in [0.5, 0.6) is 5.75 Å². The molecule has 1 aliphatic carbocycles. The Morgan fingerprint density at radius 2 is 2.06 bits per heavy atom. The van der Waals surface area contributed by atoms with Crippen molar-refractivity contribution in [2.24, 2.45) is 0 Å². The van der Waals surface area contributed by atoms with Crippen LogP contribution in [0.1, 0.15) is 11.1 Å². The summed E-state index contributed by atoms with van der Waals surface area (Å²) in [5.41, 5.74) is 1.79. The lowest BCUT2D eigenvalue weighted by molar-refractivity contribution is -0.189. The van der Waals surface area contributed by atoms with Crippen LogP contribution >= 0.6 is 0 Å². The van der Waals surface area contributed by atoms with Gasteiger partial charge in [-0.3, -0.25) is 0 Å². The zero-order valence-electron chi connectivity index (χ0n) is 8.04. The van der Waals surface area contributed by atoms with Crippen LogP contribution in [0.3, 0.4) is 0 Å². The molecule has 1 aromatic rings. The summed E-state index contributed by atoms with van der Waals surface area (Å²) >= 11 is 0. The lowest BCUT2D eigenvalue weighted by Crippen LogP contribution is -2.27. The largest absolute Gasteiger partial charge is 0.491 e. The highest BCUT2D eigenvalue weighted by Gasteiger charge is 2.41. The average Bonchev–Trinajstić information content (AvgIpc) is 2.63. The number of fused-ring (bicyclic) bond motifs is 1. The second-order valence-electron chi connectivity index (χ2n) is 3.35. The van der Waals surface area contributed by atoms with Gasteiger partial charge in [-0.15, -0.1) is 0 Å². The summed E-state index contributed by atoms with van der Waals surface area (Å²) in [4.78, 5) is 10.6. The van der Waals surface area contributed by atoms with Crippen molar-refractivity contribution >= 4 is 12.0 Å². The molecule has 84 valence electrons. The second-order valence-corrected chi connectivity index (χ2v) is 3.35. The molecule has 5 heteroatoms. The minimum Gasteiger partial charge on any atom is -0.420 e. The number of rotatable bonds is 1. The molecule has 0 aliphatic heterocycles. The molecule has 0 saturated carbocycles. The zero-order chi connectivity index (χ0) is 11.8. The van der Waals surface area contributed by atoms with Crippen molar-refractivity contribution in [1.29, 1.82) is 0 Å². The van der Waals surface area contributed by atoms with Crippen LogP contribution < -0.4 is 4.74 Å². The van der Waals surface area contributed by atoms with E-state index in [4.69, 9.17) is 0 Å². The predicted octanol–water partition coefficient (Wildman–Crippen LogP) is 2.72. The molecule has 16 heavy (non-hydrogen) atoms. The van der Waals surface area contributed by atoms with Crippen molar-refractivity contribution in [2.75, 3.05) is 0 Å².